The Labute approximate surface area is 299 Å². The second kappa shape index (κ2) is 13.4. The van der Waals surface area contributed by atoms with Crippen LogP contribution in [0.3, 0.4) is 0 Å². The van der Waals surface area contributed by atoms with Crippen molar-refractivity contribution in [1.82, 2.24) is 27.7 Å². The second-order valence-electron chi connectivity index (χ2n) is 13.0. The van der Waals surface area contributed by atoms with E-state index < -0.39 is 23.8 Å². The van der Waals surface area contributed by atoms with Crippen LogP contribution in [-0.2, 0) is 14.0 Å². The van der Waals surface area contributed by atoms with Crippen molar-refractivity contribution in [2.75, 3.05) is 18.4 Å². The molecule has 0 aliphatic carbocycles. The number of aromatic nitrogens is 3. The normalized spacial score (nSPS) is 18.6. The first-order valence-corrected chi connectivity index (χ1v) is 19.3. The molecule has 0 saturated carbocycles. The average molecular weight is 781 g/mol. The van der Waals surface area contributed by atoms with Crippen LogP contribution in [0.25, 0.3) is 16.9 Å². The van der Waals surface area contributed by atoms with E-state index in [-0.39, 0.29) is 40.2 Å². The van der Waals surface area contributed by atoms with Crippen molar-refractivity contribution >= 4 is 40.8 Å². The molecular weight excluding hydrogens is 745 g/mol. The molecule has 3 aliphatic heterocycles. The van der Waals surface area contributed by atoms with E-state index in [1.54, 1.807) is 12.3 Å². The third kappa shape index (κ3) is 6.17. The quantitative estimate of drug-likeness (QED) is 0.106. The van der Waals surface area contributed by atoms with Crippen molar-refractivity contribution in [3.05, 3.63) is 113 Å². The van der Waals surface area contributed by atoms with E-state index in [9.17, 15) is 19.2 Å². The zero-order chi connectivity index (χ0) is 34.4. The van der Waals surface area contributed by atoms with Crippen molar-refractivity contribution < 1.29 is 40.7 Å². The van der Waals surface area contributed by atoms with E-state index in [0.29, 0.717) is 22.9 Å². The number of nitrogens with zero attached hydrogens (tertiary/aromatic N) is 5. The molecule has 50 heavy (non-hydrogen) atoms. The number of carbonyl (C=O) groups excluding carboxylic acids is 4. The molecule has 0 spiro atoms. The molecule has 254 valence electrons. The van der Waals surface area contributed by atoms with Crippen LogP contribution in [0.4, 0.5) is 11.5 Å². The smallest absolute Gasteiger partial charge is 0.0499 e. The summed E-state index contributed by atoms with van der Waals surface area (Å²) in [6.45, 7) is 4.14. The SMILES string of the molecule is Cc1cccc(-c2cnc(Nc3ccc(C4CCN([I-]Cc5ccc6c(c5)C(=O)N(C5CCC(=O)NC5=O)C6=O)CC4)cc3)c3nccn23)c1. The Balaban J connectivity index is 0.856. The summed E-state index contributed by atoms with van der Waals surface area (Å²) in [6, 6.07) is 21.5. The number of alkyl halides is 1. The zero-order valence-corrected chi connectivity index (χ0v) is 29.6. The summed E-state index contributed by atoms with van der Waals surface area (Å²) in [6.07, 6.45) is 8.08. The predicted octanol–water partition coefficient (Wildman–Crippen LogP) is 2.23. The van der Waals surface area contributed by atoms with Crippen molar-refractivity contribution in [2.24, 2.45) is 0 Å². The second-order valence-corrected chi connectivity index (χ2v) is 15.8. The van der Waals surface area contributed by atoms with Crippen molar-refractivity contribution in [2.45, 2.75) is 49.0 Å². The van der Waals surface area contributed by atoms with E-state index in [2.05, 4.69) is 78.6 Å². The Morgan fingerprint density at radius 1 is 0.900 bits per heavy atom. The molecule has 2 fully saturated rings. The molecule has 0 radical (unpaired) electrons. The number of anilines is 2. The van der Waals surface area contributed by atoms with Gasteiger partial charge >= 0.3 is 241 Å². The van der Waals surface area contributed by atoms with Crippen molar-refractivity contribution in [1.29, 1.82) is 0 Å². The third-order valence-corrected chi connectivity index (χ3v) is 12.9. The summed E-state index contributed by atoms with van der Waals surface area (Å²) in [7, 11) is 0. The molecular formula is C38H35IN7O4-. The number of nitrogens with one attached hydrogen (secondary N) is 2. The number of benzene rings is 3. The number of aryl methyl sites for hydroxylation is 1. The Kier molecular flexibility index (Phi) is 8.65. The Morgan fingerprint density at radius 2 is 1.70 bits per heavy atom. The minimum absolute atomic E-state index is 0.108. The molecule has 12 heteroatoms. The standard InChI is InChI=1S/C38H35IN7O4/c1-23-3-2-4-27(19-23)32-22-41-34(35-40-15-18-45(32)35)42-28-8-6-25(7-9-28)26-13-16-44(17-14-26)39-21-24-5-10-29-30(20-24)38(50)46(37(29)49)31-11-12-33(47)43-36(31)48/h2-10,15,18-20,22,26,31H,11-14,16-17,21H2,1H3,(H,41,42)(H,43,47,48)/q-1. The van der Waals surface area contributed by atoms with Crippen LogP contribution in [0.1, 0.15) is 69.0 Å². The van der Waals surface area contributed by atoms with E-state index in [1.807, 2.05) is 24.5 Å². The van der Waals surface area contributed by atoms with Crippen LogP contribution >= 0.6 is 0 Å². The molecule has 3 aromatic carbocycles. The van der Waals surface area contributed by atoms with Gasteiger partial charge < -0.3 is 0 Å². The number of fused-ring (bicyclic) bond motifs is 2. The number of imidazole rings is 1. The molecule has 1 atom stereocenters. The number of rotatable bonds is 8. The maximum absolute atomic E-state index is 13.2. The van der Waals surface area contributed by atoms with Crippen LogP contribution in [0.2, 0.25) is 0 Å². The van der Waals surface area contributed by atoms with Gasteiger partial charge in [-0.1, -0.05) is 23.8 Å². The number of imide groups is 2. The molecule has 2 aromatic heterocycles. The minimum atomic E-state index is -0.947. The Morgan fingerprint density at radius 3 is 2.48 bits per heavy atom. The number of piperidine rings is 2. The van der Waals surface area contributed by atoms with Gasteiger partial charge in [0.15, 0.2) is 0 Å². The van der Waals surface area contributed by atoms with Gasteiger partial charge in [-0.25, -0.2) is 0 Å². The predicted molar refractivity (Wildman–Crippen MR) is 183 cm³/mol. The first-order chi connectivity index (χ1) is 24.3. The fraction of sp³-hybridized carbons (Fsp3) is 0.263. The number of hydrogen-bond acceptors (Lipinski definition) is 8. The maximum atomic E-state index is 13.2. The van der Waals surface area contributed by atoms with Crippen LogP contribution in [0, 0.1) is 6.92 Å². The first kappa shape index (κ1) is 32.3. The average Bonchev–Trinajstić information content (AvgIpc) is 3.71. The van der Waals surface area contributed by atoms with Crippen molar-refractivity contribution in [3.63, 3.8) is 0 Å². The molecule has 5 heterocycles. The van der Waals surface area contributed by atoms with Gasteiger partial charge in [-0.3, -0.25) is 0 Å². The van der Waals surface area contributed by atoms with Crippen LogP contribution in [0.15, 0.2) is 85.3 Å². The molecule has 1 unspecified atom stereocenters. The van der Waals surface area contributed by atoms with E-state index in [4.69, 9.17) is 4.98 Å². The first-order valence-electron chi connectivity index (χ1n) is 16.8. The fourth-order valence-corrected chi connectivity index (χ4v) is 9.65. The number of amides is 4. The molecule has 4 amide bonds. The van der Waals surface area contributed by atoms with E-state index >= 15 is 0 Å². The minimum Gasteiger partial charge on any atom is -0.0499 e. The topological polar surface area (TPSA) is 129 Å². The van der Waals surface area contributed by atoms with Gasteiger partial charge in [-0.05, 0) is 13.0 Å². The summed E-state index contributed by atoms with van der Waals surface area (Å²) < 4.78 is 5.49. The van der Waals surface area contributed by atoms with Gasteiger partial charge in [0, 0.05) is 18.0 Å². The molecule has 2 N–H and O–H groups in total. The summed E-state index contributed by atoms with van der Waals surface area (Å²) in [4.78, 5) is 60.5. The van der Waals surface area contributed by atoms with Crippen LogP contribution < -0.4 is 32.1 Å². The van der Waals surface area contributed by atoms with Gasteiger partial charge in [0.05, 0.1) is 5.69 Å². The van der Waals surface area contributed by atoms with Gasteiger partial charge in [0.25, 0.3) is 0 Å². The van der Waals surface area contributed by atoms with Crippen molar-refractivity contribution in [3.8, 4) is 11.3 Å². The summed E-state index contributed by atoms with van der Waals surface area (Å²) in [5.74, 6) is -0.685. The fourth-order valence-electron chi connectivity index (χ4n) is 7.06. The number of halogens is 1. The van der Waals surface area contributed by atoms with Crippen LogP contribution in [0.5, 0.6) is 0 Å². The van der Waals surface area contributed by atoms with Gasteiger partial charge in [0.2, 0.25) is 0 Å². The van der Waals surface area contributed by atoms with Gasteiger partial charge in [0.1, 0.15) is 0 Å². The monoisotopic (exact) mass is 780 g/mol. The number of hydrogen-bond donors (Lipinski definition) is 2. The summed E-state index contributed by atoms with van der Waals surface area (Å²) >= 11 is -0.302. The summed E-state index contributed by atoms with van der Waals surface area (Å²) in [5, 5.41) is 5.71. The van der Waals surface area contributed by atoms with Gasteiger partial charge in [-0.2, -0.15) is 0 Å². The number of carbonyl (C=O) groups is 4. The molecule has 3 aliphatic rings. The Bertz CT molecular complexity index is 2160. The molecule has 2 saturated heterocycles. The van der Waals surface area contributed by atoms with E-state index in [1.165, 1.54) is 11.1 Å². The molecule has 0 bridgehead atoms. The summed E-state index contributed by atoms with van der Waals surface area (Å²) in [5.41, 5.74) is 8.07. The Hall–Kier alpha value is -4.95. The third-order valence-electron chi connectivity index (χ3n) is 9.71. The molecule has 5 aromatic rings. The van der Waals surface area contributed by atoms with Crippen LogP contribution in [-0.4, -0.2) is 65.1 Å². The zero-order valence-electron chi connectivity index (χ0n) is 27.4. The molecule has 8 rings (SSSR count). The molecule has 11 nitrogen and oxygen atoms in total. The van der Waals surface area contributed by atoms with Gasteiger partial charge in [-0.15, -0.1) is 0 Å². The van der Waals surface area contributed by atoms with E-state index in [0.717, 1.165) is 63.4 Å².